The molecule has 0 radical (unpaired) electrons. The first kappa shape index (κ1) is 14.6. The molecule has 0 saturated carbocycles. The average molecular weight is 300 g/mol. The first-order valence-electron chi connectivity index (χ1n) is 7.40. The van der Waals surface area contributed by atoms with Crippen LogP contribution in [-0.4, -0.2) is 54.1 Å². The molecule has 22 heavy (non-hydrogen) atoms. The number of fused-ring (bicyclic) bond motifs is 1. The maximum absolute atomic E-state index is 12.6. The molecule has 1 aliphatic heterocycles. The van der Waals surface area contributed by atoms with E-state index in [1.807, 2.05) is 23.1 Å². The second-order valence-corrected chi connectivity index (χ2v) is 5.28. The lowest BCUT2D eigenvalue weighted by Crippen LogP contribution is -2.36. The Bertz CT molecular complexity index is 627. The number of aromatic nitrogens is 2. The van der Waals surface area contributed by atoms with Crippen molar-refractivity contribution >= 4 is 11.7 Å². The van der Waals surface area contributed by atoms with E-state index in [2.05, 4.69) is 14.9 Å². The van der Waals surface area contributed by atoms with Crippen molar-refractivity contribution in [2.45, 2.75) is 6.54 Å². The number of hydrogen-bond acceptors (Lipinski definition) is 4. The highest BCUT2D eigenvalue weighted by molar-refractivity contribution is 5.92. The van der Waals surface area contributed by atoms with Crippen LogP contribution in [0.3, 0.4) is 0 Å². The third-order valence-corrected chi connectivity index (χ3v) is 3.85. The number of H-pyrrole nitrogens is 1. The zero-order valence-corrected chi connectivity index (χ0v) is 12.7. The third-order valence-electron chi connectivity index (χ3n) is 3.85. The van der Waals surface area contributed by atoms with Crippen molar-refractivity contribution in [3.05, 3.63) is 47.9 Å². The van der Waals surface area contributed by atoms with Crippen LogP contribution in [0.25, 0.3) is 0 Å². The van der Waals surface area contributed by atoms with Crippen LogP contribution < -0.4 is 4.90 Å². The molecule has 3 rings (SSSR count). The van der Waals surface area contributed by atoms with Crippen molar-refractivity contribution in [2.24, 2.45) is 0 Å². The lowest BCUT2D eigenvalue weighted by molar-refractivity contribution is 0.0746. The van der Waals surface area contributed by atoms with E-state index in [0.29, 0.717) is 25.4 Å². The number of carbonyl (C=O) groups excluding carboxylic acids is 1. The highest BCUT2D eigenvalue weighted by Crippen LogP contribution is 2.23. The molecular formula is C16H20N4O2. The molecule has 6 heteroatoms. The summed E-state index contributed by atoms with van der Waals surface area (Å²) >= 11 is 0. The van der Waals surface area contributed by atoms with Gasteiger partial charge in [0.05, 0.1) is 6.61 Å². The normalized spacial score (nSPS) is 14.6. The molecule has 0 spiro atoms. The number of rotatable bonds is 4. The van der Waals surface area contributed by atoms with Gasteiger partial charge in [-0.05, 0) is 18.2 Å². The molecule has 6 nitrogen and oxygen atoms in total. The minimum atomic E-state index is 0.0217. The first-order valence-corrected chi connectivity index (χ1v) is 7.40. The smallest absolute Gasteiger partial charge is 0.270 e. The van der Waals surface area contributed by atoms with E-state index in [9.17, 15) is 4.79 Å². The van der Waals surface area contributed by atoms with Gasteiger partial charge >= 0.3 is 0 Å². The molecule has 0 saturated heterocycles. The Labute approximate surface area is 129 Å². The molecule has 0 aliphatic carbocycles. The van der Waals surface area contributed by atoms with E-state index in [1.165, 1.54) is 0 Å². The number of pyridine rings is 1. The molecule has 1 amide bonds. The maximum Gasteiger partial charge on any atom is 0.270 e. The summed E-state index contributed by atoms with van der Waals surface area (Å²) in [6.07, 6.45) is 3.56. The van der Waals surface area contributed by atoms with Crippen LogP contribution in [0.4, 0.5) is 5.82 Å². The molecule has 2 aromatic heterocycles. The maximum atomic E-state index is 12.6. The topological polar surface area (TPSA) is 61.5 Å². The van der Waals surface area contributed by atoms with Gasteiger partial charge in [-0.2, -0.15) is 0 Å². The Morgan fingerprint density at radius 3 is 3.05 bits per heavy atom. The van der Waals surface area contributed by atoms with Crippen molar-refractivity contribution in [3.8, 4) is 0 Å². The Balaban J connectivity index is 1.83. The molecule has 0 atom stereocenters. The quantitative estimate of drug-likeness (QED) is 0.930. The molecule has 1 aliphatic rings. The second kappa shape index (κ2) is 6.62. The van der Waals surface area contributed by atoms with Crippen LogP contribution in [0, 0.1) is 0 Å². The van der Waals surface area contributed by atoms with Gasteiger partial charge in [0, 0.05) is 51.2 Å². The van der Waals surface area contributed by atoms with Gasteiger partial charge in [0.2, 0.25) is 0 Å². The van der Waals surface area contributed by atoms with Gasteiger partial charge in [0.25, 0.3) is 5.91 Å². The summed E-state index contributed by atoms with van der Waals surface area (Å²) in [5, 5.41) is 0. The van der Waals surface area contributed by atoms with E-state index in [0.717, 1.165) is 24.5 Å². The summed E-state index contributed by atoms with van der Waals surface area (Å²) in [4.78, 5) is 24.1. The number of nitrogens with zero attached hydrogens (tertiary/aromatic N) is 3. The van der Waals surface area contributed by atoms with E-state index in [-0.39, 0.29) is 5.91 Å². The standard InChI is InChI=1S/C16H20N4O2/c1-22-11-10-19-8-9-20(16(21)14-5-3-6-17-14)12-13-4-2-7-18-15(13)19/h2-7,17H,8-12H2,1H3. The molecule has 3 heterocycles. The number of methoxy groups -OCH3 is 1. The van der Waals surface area contributed by atoms with Gasteiger partial charge in [-0.25, -0.2) is 4.98 Å². The second-order valence-electron chi connectivity index (χ2n) is 5.28. The SMILES string of the molecule is COCCN1CCN(C(=O)c2ccc[nH]2)Cc2cccnc21. The van der Waals surface area contributed by atoms with Gasteiger partial charge in [-0.3, -0.25) is 4.79 Å². The summed E-state index contributed by atoms with van der Waals surface area (Å²) in [6.45, 7) is 3.40. The van der Waals surface area contributed by atoms with Crippen LogP contribution >= 0.6 is 0 Å². The number of nitrogens with one attached hydrogen (secondary N) is 1. The van der Waals surface area contributed by atoms with E-state index in [1.54, 1.807) is 25.6 Å². The number of anilines is 1. The van der Waals surface area contributed by atoms with E-state index >= 15 is 0 Å². The number of ether oxygens (including phenoxy) is 1. The highest BCUT2D eigenvalue weighted by atomic mass is 16.5. The molecule has 116 valence electrons. The number of aromatic amines is 1. The zero-order valence-electron chi connectivity index (χ0n) is 12.7. The summed E-state index contributed by atoms with van der Waals surface area (Å²) < 4.78 is 5.18. The summed E-state index contributed by atoms with van der Waals surface area (Å²) in [6, 6.07) is 7.59. The molecule has 0 fully saturated rings. The predicted octanol–water partition coefficient (Wildman–Crippen LogP) is 1.52. The predicted molar refractivity (Wildman–Crippen MR) is 83.9 cm³/mol. The summed E-state index contributed by atoms with van der Waals surface area (Å²) in [7, 11) is 1.69. The Kier molecular flexibility index (Phi) is 4.39. The van der Waals surface area contributed by atoms with Crippen LogP contribution in [0.5, 0.6) is 0 Å². The molecular weight excluding hydrogens is 280 g/mol. The molecule has 2 aromatic rings. The van der Waals surface area contributed by atoms with E-state index < -0.39 is 0 Å². The monoisotopic (exact) mass is 300 g/mol. The Morgan fingerprint density at radius 1 is 1.36 bits per heavy atom. The minimum absolute atomic E-state index is 0.0217. The molecule has 0 aromatic carbocycles. The fourth-order valence-electron chi connectivity index (χ4n) is 2.70. The Hall–Kier alpha value is -2.34. The van der Waals surface area contributed by atoms with Crippen molar-refractivity contribution < 1.29 is 9.53 Å². The average Bonchev–Trinajstić information content (AvgIpc) is 3.01. The molecule has 0 unspecified atom stereocenters. The minimum Gasteiger partial charge on any atom is -0.383 e. The van der Waals surface area contributed by atoms with Crippen LogP contribution in [0.1, 0.15) is 16.1 Å². The molecule has 0 bridgehead atoms. The van der Waals surface area contributed by atoms with Crippen LogP contribution in [0.2, 0.25) is 0 Å². The third kappa shape index (κ3) is 2.96. The van der Waals surface area contributed by atoms with Crippen molar-refractivity contribution in [3.63, 3.8) is 0 Å². The zero-order chi connectivity index (χ0) is 15.4. The van der Waals surface area contributed by atoms with Crippen molar-refractivity contribution in [1.82, 2.24) is 14.9 Å². The fourth-order valence-corrected chi connectivity index (χ4v) is 2.70. The van der Waals surface area contributed by atoms with E-state index in [4.69, 9.17) is 4.74 Å². The van der Waals surface area contributed by atoms with Gasteiger partial charge in [-0.1, -0.05) is 6.07 Å². The summed E-state index contributed by atoms with van der Waals surface area (Å²) in [5.41, 5.74) is 1.69. The first-order chi connectivity index (χ1) is 10.8. The van der Waals surface area contributed by atoms with Crippen LogP contribution in [-0.2, 0) is 11.3 Å². The van der Waals surface area contributed by atoms with Gasteiger partial charge in [0.1, 0.15) is 11.5 Å². The number of amides is 1. The van der Waals surface area contributed by atoms with Gasteiger partial charge in [-0.15, -0.1) is 0 Å². The van der Waals surface area contributed by atoms with Gasteiger partial charge in [0.15, 0.2) is 0 Å². The Morgan fingerprint density at radius 2 is 2.27 bits per heavy atom. The van der Waals surface area contributed by atoms with Gasteiger partial charge < -0.3 is 19.5 Å². The van der Waals surface area contributed by atoms with Crippen molar-refractivity contribution in [1.29, 1.82) is 0 Å². The summed E-state index contributed by atoms with van der Waals surface area (Å²) in [5.74, 6) is 0.967. The van der Waals surface area contributed by atoms with Crippen molar-refractivity contribution in [2.75, 3.05) is 38.3 Å². The fraction of sp³-hybridized carbons (Fsp3) is 0.375. The number of carbonyl (C=O) groups is 1. The largest absolute Gasteiger partial charge is 0.383 e. The lowest BCUT2D eigenvalue weighted by Gasteiger charge is -2.23. The highest BCUT2D eigenvalue weighted by Gasteiger charge is 2.24. The van der Waals surface area contributed by atoms with Crippen LogP contribution in [0.15, 0.2) is 36.7 Å². The molecule has 1 N–H and O–H groups in total. The lowest BCUT2D eigenvalue weighted by atomic mass is 10.2. The number of hydrogen-bond donors (Lipinski definition) is 1.